The van der Waals surface area contributed by atoms with Gasteiger partial charge in [-0.15, -0.1) is 0 Å². The molecule has 5 rings (SSSR count). The van der Waals surface area contributed by atoms with Crippen molar-refractivity contribution in [2.75, 3.05) is 0 Å². The number of imidazole rings is 2. The highest BCUT2D eigenvalue weighted by atomic mass is 16.5. The molecule has 0 aliphatic heterocycles. The summed E-state index contributed by atoms with van der Waals surface area (Å²) >= 11 is 0. The maximum absolute atomic E-state index is 5.75. The SMILES string of the molecule is c1ccc(OCc2ncc(-c3ccc(Cc4nc5ccccc5[nH]4)cc3)[nH]2)cc1. The highest BCUT2D eigenvalue weighted by molar-refractivity contribution is 5.74. The second-order valence-electron chi connectivity index (χ2n) is 6.92. The standard InChI is InChI=1S/C24H20N4O/c1-2-6-19(7-3-1)29-16-24-25-15-22(28-24)18-12-10-17(11-13-18)14-23-26-20-8-4-5-9-21(20)27-23/h1-13,15H,14,16H2,(H,25,28)(H,26,27). The van der Waals surface area contributed by atoms with E-state index in [1.165, 1.54) is 5.56 Å². The largest absolute Gasteiger partial charge is 0.486 e. The average molecular weight is 380 g/mol. The first kappa shape index (κ1) is 17.3. The number of para-hydroxylation sites is 3. The molecule has 142 valence electrons. The molecule has 0 saturated carbocycles. The third-order valence-corrected chi connectivity index (χ3v) is 4.82. The topological polar surface area (TPSA) is 66.6 Å². The molecule has 0 bridgehead atoms. The number of nitrogens with one attached hydrogen (secondary N) is 2. The first-order chi connectivity index (χ1) is 14.3. The number of hydrogen-bond acceptors (Lipinski definition) is 3. The monoisotopic (exact) mass is 380 g/mol. The van der Waals surface area contributed by atoms with E-state index in [0.717, 1.165) is 46.1 Å². The number of aromatic amines is 2. The summed E-state index contributed by atoms with van der Waals surface area (Å²) in [5.74, 6) is 2.61. The predicted molar refractivity (Wildman–Crippen MR) is 114 cm³/mol. The molecule has 0 aliphatic carbocycles. The molecule has 0 unspecified atom stereocenters. The number of hydrogen-bond donors (Lipinski definition) is 2. The van der Waals surface area contributed by atoms with E-state index < -0.39 is 0 Å². The van der Waals surface area contributed by atoms with Crippen molar-refractivity contribution in [1.82, 2.24) is 19.9 Å². The van der Waals surface area contributed by atoms with Crippen LogP contribution in [0.25, 0.3) is 22.3 Å². The van der Waals surface area contributed by atoms with E-state index >= 15 is 0 Å². The van der Waals surface area contributed by atoms with Gasteiger partial charge in [0, 0.05) is 6.42 Å². The zero-order valence-electron chi connectivity index (χ0n) is 15.8. The fourth-order valence-corrected chi connectivity index (χ4v) is 3.34. The Bertz CT molecular complexity index is 1190. The van der Waals surface area contributed by atoms with Gasteiger partial charge < -0.3 is 14.7 Å². The van der Waals surface area contributed by atoms with Crippen molar-refractivity contribution in [3.8, 4) is 17.0 Å². The van der Waals surface area contributed by atoms with E-state index in [9.17, 15) is 0 Å². The second kappa shape index (κ2) is 7.64. The lowest BCUT2D eigenvalue weighted by atomic mass is 10.1. The number of ether oxygens (including phenoxy) is 1. The van der Waals surface area contributed by atoms with Gasteiger partial charge in [-0.25, -0.2) is 9.97 Å². The summed E-state index contributed by atoms with van der Waals surface area (Å²) in [7, 11) is 0. The van der Waals surface area contributed by atoms with Gasteiger partial charge in [-0.3, -0.25) is 0 Å². The van der Waals surface area contributed by atoms with Crippen LogP contribution in [0.15, 0.2) is 85.1 Å². The van der Waals surface area contributed by atoms with Gasteiger partial charge in [0.2, 0.25) is 0 Å². The van der Waals surface area contributed by atoms with E-state index in [0.29, 0.717) is 6.61 Å². The van der Waals surface area contributed by atoms with E-state index in [1.54, 1.807) is 0 Å². The second-order valence-corrected chi connectivity index (χ2v) is 6.92. The number of fused-ring (bicyclic) bond motifs is 1. The Morgan fingerprint density at radius 3 is 2.38 bits per heavy atom. The minimum absolute atomic E-state index is 0.411. The maximum atomic E-state index is 5.75. The molecule has 0 saturated heterocycles. The van der Waals surface area contributed by atoms with Crippen LogP contribution in [-0.4, -0.2) is 19.9 Å². The summed E-state index contributed by atoms with van der Waals surface area (Å²) in [5, 5.41) is 0. The molecule has 5 nitrogen and oxygen atoms in total. The Balaban J connectivity index is 1.26. The lowest BCUT2D eigenvalue weighted by molar-refractivity contribution is 0.297. The fourth-order valence-electron chi connectivity index (χ4n) is 3.34. The smallest absolute Gasteiger partial charge is 0.146 e. The molecule has 0 spiro atoms. The molecule has 0 fully saturated rings. The normalized spacial score (nSPS) is 11.0. The lowest BCUT2D eigenvalue weighted by Gasteiger charge is -2.03. The molecule has 0 radical (unpaired) electrons. The molecule has 0 amide bonds. The van der Waals surface area contributed by atoms with Gasteiger partial charge in [0.25, 0.3) is 0 Å². The molecule has 2 heterocycles. The molecule has 0 atom stereocenters. The van der Waals surface area contributed by atoms with E-state index in [-0.39, 0.29) is 0 Å². The van der Waals surface area contributed by atoms with Crippen molar-refractivity contribution in [1.29, 1.82) is 0 Å². The third kappa shape index (κ3) is 3.89. The molecule has 2 N–H and O–H groups in total. The molecular weight excluding hydrogens is 360 g/mol. The minimum atomic E-state index is 0.411. The van der Waals surface area contributed by atoms with Gasteiger partial charge in [-0.2, -0.15) is 0 Å². The van der Waals surface area contributed by atoms with Crippen LogP contribution >= 0.6 is 0 Å². The molecule has 5 heteroatoms. The Hall–Kier alpha value is -3.86. The van der Waals surface area contributed by atoms with Crippen LogP contribution in [0.1, 0.15) is 17.2 Å². The molecule has 2 aromatic heterocycles. The zero-order valence-corrected chi connectivity index (χ0v) is 15.8. The summed E-state index contributed by atoms with van der Waals surface area (Å²) in [5.41, 5.74) is 5.35. The van der Waals surface area contributed by atoms with E-state index in [4.69, 9.17) is 4.74 Å². The van der Waals surface area contributed by atoms with Crippen molar-refractivity contribution >= 4 is 11.0 Å². The van der Waals surface area contributed by atoms with E-state index in [2.05, 4.69) is 44.2 Å². The predicted octanol–water partition coefficient (Wildman–Crippen LogP) is 5.12. The number of aromatic nitrogens is 4. The fraction of sp³-hybridized carbons (Fsp3) is 0.0833. The summed E-state index contributed by atoms with van der Waals surface area (Å²) in [4.78, 5) is 15.8. The molecule has 5 aromatic rings. The number of rotatable bonds is 6. The number of nitrogens with zero attached hydrogens (tertiary/aromatic N) is 2. The number of H-pyrrole nitrogens is 2. The Morgan fingerprint density at radius 1 is 0.759 bits per heavy atom. The van der Waals surface area contributed by atoms with Crippen LogP contribution in [0.5, 0.6) is 5.75 Å². The summed E-state index contributed by atoms with van der Waals surface area (Å²) < 4.78 is 5.75. The van der Waals surface area contributed by atoms with Crippen LogP contribution in [0.3, 0.4) is 0 Å². The van der Waals surface area contributed by atoms with Crippen LogP contribution in [-0.2, 0) is 13.0 Å². The highest BCUT2D eigenvalue weighted by Gasteiger charge is 2.06. The minimum Gasteiger partial charge on any atom is -0.486 e. The van der Waals surface area contributed by atoms with Crippen molar-refractivity contribution in [3.05, 3.63) is 102 Å². The molecular formula is C24H20N4O. The van der Waals surface area contributed by atoms with Crippen LogP contribution in [0.2, 0.25) is 0 Å². The van der Waals surface area contributed by atoms with Crippen molar-refractivity contribution < 1.29 is 4.74 Å². The summed E-state index contributed by atoms with van der Waals surface area (Å²) in [6.45, 7) is 0.411. The van der Waals surface area contributed by atoms with Crippen molar-refractivity contribution in [3.63, 3.8) is 0 Å². The van der Waals surface area contributed by atoms with Gasteiger partial charge in [0.1, 0.15) is 24.0 Å². The van der Waals surface area contributed by atoms with Gasteiger partial charge >= 0.3 is 0 Å². The first-order valence-electron chi connectivity index (χ1n) is 9.58. The highest BCUT2D eigenvalue weighted by Crippen LogP contribution is 2.20. The summed E-state index contributed by atoms with van der Waals surface area (Å²) in [6, 6.07) is 26.3. The Kier molecular flexibility index (Phi) is 4.54. The van der Waals surface area contributed by atoms with Gasteiger partial charge in [0.05, 0.1) is 22.9 Å². The molecule has 29 heavy (non-hydrogen) atoms. The quantitative estimate of drug-likeness (QED) is 0.429. The molecule has 0 aliphatic rings. The first-order valence-corrected chi connectivity index (χ1v) is 9.58. The van der Waals surface area contributed by atoms with Gasteiger partial charge in [-0.1, -0.05) is 54.6 Å². The van der Waals surface area contributed by atoms with Crippen molar-refractivity contribution in [2.45, 2.75) is 13.0 Å². The third-order valence-electron chi connectivity index (χ3n) is 4.82. The van der Waals surface area contributed by atoms with Crippen LogP contribution in [0, 0.1) is 0 Å². The van der Waals surface area contributed by atoms with Gasteiger partial charge in [0.15, 0.2) is 0 Å². The Morgan fingerprint density at radius 2 is 1.55 bits per heavy atom. The van der Waals surface area contributed by atoms with E-state index in [1.807, 2.05) is 60.8 Å². The van der Waals surface area contributed by atoms with Crippen molar-refractivity contribution in [2.24, 2.45) is 0 Å². The lowest BCUT2D eigenvalue weighted by Crippen LogP contribution is -1.97. The summed E-state index contributed by atoms with van der Waals surface area (Å²) in [6.07, 6.45) is 2.62. The Labute approximate surface area is 168 Å². The molecule has 3 aromatic carbocycles. The zero-order chi connectivity index (χ0) is 19.5. The van der Waals surface area contributed by atoms with Crippen LogP contribution < -0.4 is 4.74 Å². The maximum Gasteiger partial charge on any atom is 0.146 e. The van der Waals surface area contributed by atoms with Gasteiger partial charge in [-0.05, 0) is 35.4 Å². The average Bonchev–Trinajstić information content (AvgIpc) is 3.40. The van der Waals surface area contributed by atoms with Crippen LogP contribution in [0.4, 0.5) is 0 Å². The number of benzene rings is 3.